The van der Waals surface area contributed by atoms with Gasteiger partial charge in [-0.15, -0.1) is 0 Å². The normalized spacial score (nSPS) is 31.2. The zero-order chi connectivity index (χ0) is 32.2. The smallest absolute Gasteiger partial charge is 0.254 e. The second-order valence-electron chi connectivity index (χ2n) is 14.5. The van der Waals surface area contributed by atoms with E-state index in [1.165, 1.54) is 6.07 Å². The number of hydrogen-bond acceptors (Lipinski definition) is 5. The minimum atomic E-state index is -1.59. The molecule has 4 fully saturated rings. The number of carbonyl (C=O) groups is 2. The molecule has 5 heterocycles. The lowest BCUT2D eigenvalue weighted by Crippen LogP contribution is -2.51. The summed E-state index contributed by atoms with van der Waals surface area (Å²) in [4.78, 5) is 38.5. The fourth-order valence-corrected chi connectivity index (χ4v) is 8.36. The van der Waals surface area contributed by atoms with Crippen LogP contribution in [-0.4, -0.2) is 60.1 Å². The van der Waals surface area contributed by atoms with Gasteiger partial charge in [0.05, 0.1) is 28.9 Å². The minimum Gasteiger partial charge on any atom is -0.348 e. The molecule has 3 aromatic heterocycles. The number of aromatic nitrogens is 4. The number of benzene rings is 1. The average Bonchev–Trinajstić information content (AvgIpc) is 3.86. The number of aryl methyl sites for hydroxylation is 1. The third kappa shape index (κ3) is 4.71. The summed E-state index contributed by atoms with van der Waals surface area (Å²) in [5.74, 6) is -0.498. The number of halogens is 2. The van der Waals surface area contributed by atoms with Gasteiger partial charge in [0.2, 0.25) is 5.91 Å². The summed E-state index contributed by atoms with van der Waals surface area (Å²) in [6.07, 6.45) is 9.66. The fourth-order valence-electron chi connectivity index (χ4n) is 8.36. The molecule has 3 N–H and O–H groups in total. The number of likely N-dealkylation sites (tertiary alicyclic amines) is 1. The Balaban J connectivity index is 1.14. The highest BCUT2D eigenvalue weighted by molar-refractivity contribution is 5.98. The third-order valence-corrected chi connectivity index (χ3v) is 11.3. The Kier molecular flexibility index (Phi) is 6.45. The quantitative estimate of drug-likeness (QED) is 0.278. The van der Waals surface area contributed by atoms with E-state index < -0.39 is 23.4 Å². The summed E-state index contributed by atoms with van der Waals surface area (Å²) < 4.78 is 35.5. The van der Waals surface area contributed by atoms with Crippen molar-refractivity contribution in [2.45, 2.75) is 94.7 Å². The lowest BCUT2D eigenvalue weighted by molar-refractivity contribution is -0.123. The van der Waals surface area contributed by atoms with E-state index in [1.807, 2.05) is 40.7 Å². The second kappa shape index (κ2) is 10.4. The van der Waals surface area contributed by atoms with Crippen molar-refractivity contribution in [1.29, 1.82) is 0 Å². The molecular formula is C36H39F2N7O2. The highest BCUT2D eigenvalue weighted by Gasteiger charge is 2.58. The zero-order valence-corrected chi connectivity index (χ0v) is 26.5. The summed E-state index contributed by atoms with van der Waals surface area (Å²) in [5, 5.41) is 3.87. The van der Waals surface area contributed by atoms with Gasteiger partial charge < -0.3 is 25.1 Å². The first-order valence-electron chi connectivity index (χ1n) is 17.1. The zero-order valence-electron chi connectivity index (χ0n) is 26.5. The molecule has 9 rings (SSSR count). The van der Waals surface area contributed by atoms with Gasteiger partial charge >= 0.3 is 0 Å². The maximum Gasteiger partial charge on any atom is 0.254 e. The van der Waals surface area contributed by atoms with E-state index in [9.17, 15) is 9.59 Å². The molecule has 1 saturated heterocycles. The van der Waals surface area contributed by atoms with E-state index in [0.717, 1.165) is 55.3 Å². The van der Waals surface area contributed by atoms with Gasteiger partial charge in [0.25, 0.3) is 5.91 Å². The number of rotatable bonds is 3. The maximum absolute atomic E-state index is 16.2. The number of hydrogen-bond donors (Lipinski definition) is 2. The molecule has 4 aromatic rings. The first kappa shape index (κ1) is 29.1. The van der Waals surface area contributed by atoms with Gasteiger partial charge in [-0.2, -0.15) is 0 Å². The summed E-state index contributed by atoms with van der Waals surface area (Å²) in [6.45, 7) is 2.96. The molecule has 0 spiro atoms. The molecule has 244 valence electrons. The highest BCUT2D eigenvalue weighted by atomic mass is 19.1. The lowest BCUT2D eigenvalue weighted by Gasteiger charge is -2.37. The number of nitrogens with zero attached hydrogens (tertiary/aromatic N) is 5. The molecule has 3 saturated carbocycles. The monoisotopic (exact) mass is 639 g/mol. The Bertz CT molecular complexity index is 2000. The largest absolute Gasteiger partial charge is 0.348 e. The molecule has 4 bridgehead atoms. The van der Waals surface area contributed by atoms with Crippen molar-refractivity contribution in [3.05, 3.63) is 59.6 Å². The highest BCUT2D eigenvalue weighted by Crippen LogP contribution is 2.49. The van der Waals surface area contributed by atoms with Crippen LogP contribution in [0.4, 0.5) is 8.78 Å². The SMILES string of the molecule is C[C@H]1NC(=O)[C@@H]2C[C@@]2(F)/C=C/CCCn2c(-c3nc4cc(C(=O)N5C[C@H](N)[C@@H]6CC[C@H]5C6)cc(F)c4n3C3CC3)cc3ccc1nc32. The molecule has 1 aromatic carbocycles. The van der Waals surface area contributed by atoms with Crippen molar-refractivity contribution < 1.29 is 18.4 Å². The van der Waals surface area contributed by atoms with E-state index in [0.29, 0.717) is 53.5 Å². The molecule has 3 aliphatic carbocycles. The van der Waals surface area contributed by atoms with Crippen molar-refractivity contribution in [2.75, 3.05) is 6.54 Å². The van der Waals surface area contributed by atoms with Gasteiger partial charge in [0.1, 0.15) is 22.6 Å². The molecular weight excluding hydrogens is 600 g/mol. The van der Waals surface area contributed by atoms with Crippen molar-refractivity contribution in [3.8, 4) is 11.5 Å². The summed E-state index contributed by atoms with van der Waals surface area (Å²) >= 11 is 0. The molecule has 6 atom stereocenters. The molecule has 2 amide bonds. The number of amides is 2. The van der Waals surface area contributed by atoms with Gasteiger partial charge in [-0.3, -0.25) is 9.59 Å². The van der Waals surface area contributed by atoms with Crippen LogP contribution in [-0.2, 0) is 11.3 Å². The molecule has 5 aliphatic rings. The van der Waals surface area contributed by atoms with E-state index >= 15 is 8.78 Å². The number of allylic oxidation sites excluding steroid dienone is 2. The van der Waals surface area contributed by atoms with Crippen LogP contribution in [0.3, 0.4) is 0 Å². The predicted molar refractivity (Wildman–Crippen MR) is 174 cm³/mol. The van der Waals surface area contributed by atoms with Gasteiger partial charge in [-0.25, -0.2) is 18.7 Å². The van der Waals surface area contributed by atoms with Crippen LogP contribution in [0.15, 0.2) is 42.5 Å². The van der Waals surface area contributed by atoms with Gasteiger partial charge in [-0.05, 0) is 88.1 Å². The Labute approximate surface area is 271 Å². The number of carbonyl (C=O) groups excluding carboxylic acids is 2. The van der Waals surface area contributed by atoms with E-state index in [4.69, 9.17) is 15.7 Å². The topological polar surface area (TPSA) is 111 Å². The Morgan fingerprint density at radius 1 is 1.11 bits per heavy atom. The fraction of sp³-hybridized carbons (Fsp3) is 0.500. The van der Waals surface area contributed by atoms with Crippen LogP contribution in [0.1, 0.15) is 86.4 Å². The maximum atomic E-state index is 16.2. The Morgan fingerprint density at radius 3 is 2.77 bits per heavy atom. The predicted octanol–water partition coefficient (Wildman–Crippen LogP) is 5.73. The van der Waals surface area contributed by atoms with Crippen LogP contribution in [0.2, 0.25) is 0 Å². The number of alkyl halides is 1. The van der Waals surface area contributed by atoms with Crippen LogP contribution in [0.25, 0.3) is 33.6 Å². The molecule has 47 heavy (non-hydrogen) atoms. The number of nitrogens with two attached hydrogens (primary N) is 1. The number of nitrogens with one attached hydrogen (secondary N) is 1. The lowest BCUT2D eigenvalue weighted by atomic mass is 9.94. The van der Waals surface area contributed by atoms with Gasteiger partial charge in [0.15, 0.2) is 5.82 Å². The van der Waals surface area contributed by atoms with Gasteiger partial charge in [0, 0.05) is 48.6 Å². The van der Waals surface area contributed by atoms with Crippen molar-refractivity contribution >= 4 is 33.9 Å². The number of imidazole rings is 1. The first-order chi connectivity index (χ1) is 22.7. The summed E-state index contributed by atoms with van der Waals surface area (Å²) in [7, 11) is 0. The summed E-state index contributed by atoms with van der Waals surface area (Å²) in [6, 6.07) is 8.85. The van der Waals surface area contributed by atoms with Gasteiger partial charge in [-0.1, -0.05) is 12.2 Å². The standard InChI is InChI=1S/C36H39F2N7O2/c1-19-28-10-6-21-16-30(43(32(21)41-28)12-4-2-3-11-36(38)17-25(36)34(46)40-19)33-42-29-15-22(14-26(37)31(29)45(33)23-8-9-23)35(47)44-18-27(39)20-5-7-24(44)13-20/h3,6,10-11,14-16,19-20,23-25,27H,2,4-5,7-9,12-13,17-18,39H2,1H3,(H,40,46)/b11-3+/t19-,20-,24+,25+,27+,36+/m1/s1. The van der Waals surface area contributed by atoms with Crippen molar-refractivity contribution in [3.63, 3.8) is 0 Å². The van der Waals surface area contributed by atoms with Crippen LogP contribution in [0.5, 0.6) is 0 Å². The third-order valence-electron chi connectivity index (χ3n) is 11.3. The van der Waals surface area contributed by atoms with Crippen molar-refractivity contribution in [2.24, 2.45) is 17.6 Å². The molecule has 0 radical (unpaired) electrons. The molecule has 9 nitrogen and oxygen atoms in total. The van der Waals surface area contributed by atoms with E-state index in [1.54, 1.807) is 12.1 Å². The molecule has 2 aliphatic heterocycles. The number of piperidine rings is 1. The summed E-state index contributed by atoms with van der Waals surface area (Å²) in [5.41, 5.74) is 8.25. The van der Waals surface area contributed by atoms with Crippen LogP contribution in [0, 0.1) is 17.7 Å². The van der Waals surface area contributed by atoms with E-state index in [-0.39, 0.29) is 36.4 Å². The van der Waals surface area contributed by atoms with Crippen LogP contribution >= 0.6 is 0 Å². The second-order valence-corrected chi connectivity index (χ2v) is 14.5. The number of fused-ring (bicyclic) bond motifs is 5. The Hall–Kier alpha value is -4.12. The molecule has 0 unspecified atom stereocenters. The van der Waals surface area contributed by atoms with Crippen LogP contribution < -0.4 is 11.1 Å². The first-order valence-corrected chi connectivity index (χ1v) is 17.1. The van der Waals surface area contributed by atoms with Crippen molar-refractivity contribution in [1.82, 2.24) is 29.3 Å². The van der Waals surface area contributed by atoms with E-state index in [2.05, 4.69) is 9.88 Å². The molecule has 11 heteroatoms. The number of pyridine rings is 1. The Morgan fingerprint density at radius 2 is 1.94 bits per heavy atom. The average molecular weight is 640 g/mol. The minimum absolute atomic E-state index is 0.0516.